The number of hydrogen-bond acceptors (Lipinski definition) is 3. The topological polar surface area (TPSA) is 41.6 Å². The molecule has 0 radical (unpaired) electrons. The molecule has 4 nitrogen and oxygen atoms in total. The van der Waals surface area contributed by atoms with E-state index >= 15 is 0 Å². The number of nitrogens with one attached hydrogen (secondary N) is 1. The van der Waals surface area contributed by atoms with Crippen molar-refractivity contribution >= 4 is 5.91 Å². The molecule has 0 saturated carbocycles. The van der Waals surface area contributed by atoms with Gasteiger partial charge in [-0.1, -0.05) is 19.1 Å². The molecule has 1 saturated heterocycles. The highest BCUT2D eigenvalue weighted by molar-refractivity contribution is 5.77. The number of aryl methyl sites for hydroxylation is 1. The second kappa shape index (κ2) is 7.46. The molecule has 4 heteroatoms. The van der Waals surface area contributed by atoms with Gasteiger partial charge in [-0.05, 0) is 50.4 Å². The third-order valence-electron chi connectivity index (χ3n) is 4.31. The van der Waals surface area contributed by atoms with E-state index in [9.17, 15) is 4.79 Å². The zero-order chi connectivity index (χ0) is 15.2. The highest BCUT2D eigenvalue weighted by Gasteiger charge is 2.19. The molecule has 0 unspecified atom stereocenters. The van der Waals surface area contributed by atoms with Gasteiger partial charge >= 0.3 is 0 Å². The van der Waals surface area contributed by atoms with E-state index in [0.717, 1.165) is 43.8 Å². The van der Waals surface area contributed by atoms with E-state index in [1.165, 1.54) is 5.56 Å². The number of rotatable bonds is 5. The molecule has 1 amide bonds. The van der Waals surface area contributed by atoms with Crippen LogP contribution < -0.4 is 10.1 Å². The van der Waals surface area contributed by atoms with Crippen molar-refractivity contribution in [2.24, 2.45) is 0 Å². The summed E-state index contributed by atoms with van der Waals surface area (Å²) in [6.07, 6.45) is 2.06. The van der Waals surface area contributed by atoms with E-state index in [0.29, 0.717) is 6.04 Å². The summed E-state index contributed by atoms with van der Waals surface area (Å²) < 4.78 is 5.64. The summed E-state index contributed by atoms with van der Waals surface area (Å²) in [5, 5.41) is 3.08. The molecule has 0 bridgehead atoms. The number of benzene rings is 1. The number of ether oxygens (including phenoxy) is 1. The lowest BCUT2D eigenvalue weighted by atomic mass is 10.1. The predicted octanol–water partition coefficient (Wildman–Crippen LogP) is 2.28. The first-order valence-electron chi connectivity index (χ1n) is 7.81. The van der Waals surface area contributed by atoms with Gasteiger partial charge in [0.05, 0.1) is 0 Å². The molecule has 1 aliphatic heterocycles. The molecule has 0 aromatic heterocycles. The number of likely N-dealkylation sites (tertiary alicyclic amines) is 1. The molecule has 1 heterocycles. The summed E-state index contributed by atoms with van der Waals surface area (Å²) >= 11 is 0. The Kier molecular flexibility index (Phi) is 5.62. The van der Waals surface area contributed by atoms with E-state index in [4.69, 9.17) is 4.74 Å². The average molecular weight is 290 g/mol. The number of carbonyl (C=O) groups is 1. The zero-order valence-electron chi connectivity index (χ0n) is 13.3. The minimum Gasteiger partial charge on any atom is -0.483 e. The maximum Gasteiger partial charge on any atom is 0.258 e. The molecule has 21 heavy (non-hydrogen) atoms. The molecule has 1 aliphatic rings. The van der Waals surface area contributed by atoms with Crippen LogP contribution in [0.4, 0.5) is 0 Å². The van der Waals surface area contributed by atoms with E-state index in [-0.39, 0.29) is 12.5 Å². The van der Waals surface area contributed by atoms with Crippen molar-refractivity contribution in [1.82, 2.24) is 10.2 Å². The Labute approximate surface area is 127 Å². The summed E-state index contributed by atoms with van der Waals surface area (Å²) in [6.45, 7) is 9.57. The number of carbonyl (C=O) groups excluding carboxylic acids is 1. The molecule has 1 aromatic rings. The normalized spacial score (nSPS) is 16.7. The van der Waals surface area contributed by atoms with Gasteiger partial charge in [0.25, 0.3) is 5.91 Å². The van der Waals surface area contributed by atoms with Crippen LogP contribution in [0.2, 0.25) is 0 Å². The third kappa shape index (κ3) is 4.46. The van der Waals surface area contributed by atoms with Crippen LogP contribution in [0.25, 0.3) is 0 Å². The lowest BCUT2D eigenvalue weighted by Gasteiger charge is -2.31. The van der Waals surface area contributed by atoms with Crippen LogP contribution in [-0.2, 0) is 4.79 Å². The maximum atomic E-state index is 12.0. The molecule has 0 spiro atoms. The number of nitrogens with zero attached hydrogens (tertiary/aromatic N) is 1. The van der Waals surface area contributed by atoms with Gasteiger partial charge in [0, 0.05) is 19.1 Å². The Balaban J connectivity index is 1.76. The van der Waals surface area contributed by atoms with Crippen molar-refractivity contribution in [3.8, 4) is 5.75 Å². The fourth-order valence-corrected chi connectivity index (χ4v) is 2.69. The first kappa shape index (κ1) is 15.8. The summed E-state index contributed by atoms with van der Waals surface area (Å²) in [5.41, 5.74) is 2.28. The second-order valence-corrected chi connectivity index (χ2v) is 5.76. The third-order valence-corrected chi connectivity index (χ3v) is 4.31. The molecule has 0 atom stereocenters. The Morgan fingerprint density at radius 3 is 2.71 bits per heavy atom. The largest absolute Gasteiger partial charge is 0.483 e. The minimum absolute atomic E-state index is 0.0224. The lowest BCUT2D eigenvalue weighted by molar-refractivity contribution is -0.124. The van der Waals surface area contributed by atoms with Gasteiger partial charge in [0.15, 0.2) is 6.61 Å². The molecule has 1 N–H and O–H groups in total. The number of hydrogen-bond donors (Lipinski definition) is 1. The standard InChI is InChI=1S/C17H26N2O2/c1-4-19-10-8-15(9-11-19)18-17(20)12-21-16-7-5-6-13(2)14(16)3/h5-7,15H,4,8-12H2,1-3H3,(H,18,20). The van der Waals surface area contributed by atoms with E-state index < -0.39 is 0 Å². The highest BCUT2D eigenvalue weighted by atomic mass is 16.5. The fourth-order valence-electron chi connectivity index (χ4n) is 2.69. The van der Waals surface area contributed by atoms with Crippen LogP contribution in [0.5, 0.6) is 5.75 Å². The number of piperidine rings is 1. The quantitative estimate of drug-likeness (QED) is 0.904. The molecule has 1 aromatic carbocycles. The number of amides is 1. The fraction of sp³-hybridized carbons (Fsp3) is 0.588. The van der Waals surface area contributed by atoms with Gasteiger partial charge in [-0.3, -0.25) is 4.79 Å². The van der Waals surface area contributed by atoms with Crippen molar-refractivity contribution in [2.45, 2.75) is 39.7 Å². The summed E-state index contributed by atoms with van der Waals surface area (Å²) in [4.78, 5) is 14.4. The van der Waals surface area contributed by atoms with E-state index in [1.54, 1.807) is 0 Å². The smallest absolute Gasteiger partial charge is 0.258 e. The Bertz CT molecular complexity index is 480. The molecular formula is C17H26N2O2. The molecule has 2 rings (SSSR count). The van der Waals surface area contributed by atoms with Crippen LogP contribution >= 0.6 is 0 Å². The summed E-state index contributed by atoms with van der Waals surface area (Å²) in [7, 11) is 0. The van der Waals surface area contributed by atoms with Gasteiger partial charge in [-0.2, -0.15) is 0 Å². The monoisotopic (exact) mass is 290 g/mol. The van der Waals surface area contributed by atoms with Crippen LogP contribution in [0.3, 0.4) is 0 Å². The second-order valence-electron chi connectivity index (χ2n) is 5.76. The Morgan fingerprint density at radius 2 is 2.05 bits per heavy atom. The maximum absolute atomic E-state index is 12.0. The van der Waals surface area contributed by atoms with Crippen molar-refractivity contribution in [1.29, 1.82) is 0 Å². The van der Waals surface area contributed by atoms with Gasteiger partial charge in [-0.15, -0.1) is 0 Å². The van der Waals surface area contributed by atoms with Crippen LogP contribution in [0.15, 0.2) is 18.2 Å². The minimum atomic E-state index is -0.0224. The highest BCUT2D eigenvalue weighted by Crippen LogP contribution is 2.20. The van der Waals surface area contributed by atoms with Crippen molar-refractivity contribution in [3.05, 3.63) is 29.3 Å². The van der Waals surface area contributed by atoms with E-state index in [1.807, 2.05) is 32.0 Å². The molecule has 1 fully saturated rings. The summed E-state index contributed by atoms with van der Waals surface area (Å²) in [6, 6.07) is 6.21. The van der Waals surface area contributed by atoms with Crippen LogP contribution in [0, 0.1) is 13.8 Å². The Morgan fingerprint density at radius 1 is 1.33 bits per heavy atom. The molecule has 116 valence electrons. The first-order chi connectivity index (χ1) is 10.1. The van der Waals surface area contributed by atoms with Crippen molar-refractivity contribution in [3.63, 3.8) is 0 Å². The van der Waals surface area contributed by atoms with Gasteiger partial charge in [0.1, 0.15) is 5.75 Å². The lowest BCUT2D eigenvalue weighted by Crippen LogP contribution is -2.45. The molecular weight excluding hydrogens is 264 g/mol. The van der Waals surface area contributed by atoms with Crippen LogP contribution in [0.1, 0.15) is 30.9 Å². The van der Waals surface area contributed by atoms with E-state index in [2.05, 4.69) is 17.1 Å². The van der Waals surface area contributed by atoms with Gasteiger partial charge in [-0.25, -0.2) is 0 Å². The Hall–Kier alpha value is -1.55. The first-order valence-corrected chi connectivity index (χ1v) is 7.81. The van der Waals surface area contributed by atoms with Crippen molar-refractivity contribution in [2.75, 3.05) is 26.2 Å². The summed E-state index contributed by atoms with van der Waals surface area (Å²) in [5.74, 6) is 0.775. The predicted molar refractivity (Wildman–Crippen MR) is 84.7 cm³/mol. The van der Waals surface area contributed by atoms with Gasteiger partial charge < -0.3 is 15.0 Å². The molecule has 0 aliphatic carbocycles. The van der Waals surface area contributed by atoms with Crippen molar-refractivity contribution < 1.29 is 9.53 Å². The average Bonchev–Trinajstić information content (AvgIpc) is 2.49. The zero-order valence-corrected chi connectivity index (χ0v) is 13.3. The van der Waals surface area contributed by atoms with Crippen LogP contribution in [-0.4, -0.2) is 43.1 Å². The van der Waals surface area contributed by atoms with Gasteiger partial charge in [0.2, 0.25) is 0 Å². The SMILES string of the molecule is CCN1CCC(NC(=O)COc2cccc(C)c2C)CC1.